The molecule has 0 aromatic carbocycles. The predicted octanol–water partition coefficient (Wildman–Crippen LogP) is 0.331. The van der Waals surface area contributed by atoms with Crippen molar-refractivity contribution < 1.29 is 9.90 Å². The van der Waals surface area contributed by atoms with Gasteiger partial charge >= 0.3 is 0 Å². The first-order valence-electron chi connectivity index (χ1n) is 4.73. The molecule has 3 atom stereocenters. The molecular formula is C9H15NO2S. The number of thioether (sulfide) groups is 1. The molecule has 3 unspecified atom stereocenters. The van der Waals surface area contributed by atoms with Crippen molar-refractivity contribution >= 4 is 17.7 Å². The van der Waals surface area contributed by atoms with Gasteiger partial charge in [-0.3, -0.25) is 4.79 Å². The van der Waals surface area contributed by atoms with Gasteiger partial charge in [0, 0.05) is 18.3 Å². The van der Waals surface area contributed by atoms with E-state index >= 15 is 0 Å². The fraction of sp³-hybridized carbons (Fsp3) is 0.889. The van der Waals surface area contributed by atoms with Gasteiger partial charge in [0.1, 0.15) is 0 Å². The highest BCUT2D eigenvalue weighted by Crippen LogP contribution is 2.30. The van der Waals surface area contributed by atoms with Crippen molar-refractivity contribution in [2.75, 3.05) is 18.1 Å². The number of rotatable bonds is 1. The normalized spacial score (nSPS) is 40.3. The van der Waals surface area contributed by atoms with Gasteiger partial charge in [0.25, 0.3) is 0 Å². The van der Waals surface area contributed by atoms with Crippen LogP contribution in [0.25, 0.3) is 0 Å². The van der Waals surface area contributed by atoms with E-state index in [0.717, 1.165) is 11.5 Å². The van der Waals surface area contributed by atoms with Crippen LogP contribution in [-0.4, -0.2) is 46.1 Å². The molecule has 2 aliphatic rings. The highest BCUT2D eigenvalue weighted by molar-refractivity contribution is 7.99. The number of hydrogen-bond acceptors (Lipinski definition) is 3. The molecule has 2 rings (SSSR count). The Balaban J connectivity index is 2.04. The van der Waals surface area contributed by atoms with Gasteiger partial charge in [0.05, 0.1) is 12.5 Å². The van der Waals surface area contributed by atoms with Crippen LogP contribution in [0.15, 0.2) is 0 Å². The van der Waals surface area contributed by atoms with Crippen molar-refractivity contribution in [1.82, 2.24) is 4.90 Å². The van der Waals surface area contributed by atoms with Crippen molar-refractivity contribution in [3.05, 3.63) is 0 Å². The number of aliphatic hydroxyl groups excluding tert-OH is 1. The van der Waals surface area contributed by atoms with Crippen molar-refractivity contribution in [2.24, 2.45) is 5.92 Å². The molecule has 0 aromatic rings. The smallest absolute Gasteiger partial charge is 0.225 e. The van der Waals surface area contributed by atoms with Crippen molar-refractivity contribution in [3.63, 3.8) is 0 Å². The zero-order chi connectivity index (χ0) is 9.42. The number of carbonyl (C=O) groups excluding carboxylic acids is 1. The number of β-amino-alcohol motifs (C(OH)–C–C–N with tert-alkyl or cyclic N) is 1. The highest BCUT2D eigenvalue weighted by Gasteiger charge is 2.37. The van der Waals surface area contributed by atoms with Gasteiger partial charge in [-0.15, -0.1) is 0 Å². The SMILES string of the molecule is CC1CSCC1N1CC(O)CC1=O. The Morgan fingerprint density at radius 3 is 2.77 bits per heavy atom. The maximum absolute atomic E-state index is 11.5. The van der Waals surface area contributed by atoms with E-state index in [1.54, 1.807) is 0 Å². The summed E-state index contributed by atoms with van der Waals surface area (Å²) in [6.45, 7) is 2.73. The third-order valence-corrected chi connectivity index (χ3v) is 4.20. The first kappa shape index (κ1) is 9.34. The van der Waals surface area contributed by atoms with Crippen molar-refractivity contribution in [2.45, 2.75) is 25.5 Å². The Kier molecular flexibility index (Phi) is 2.51. The van der Waals surface area contributed by atoms with Crippen molar-refractivity contribution in [1.29, 1.82) is 0 Å². The fourth-order valence-electron chi connectivity index (χ4n) is 2.08. The summed E-state index contributed by atoms with van der Waals surface area (Å²) in [5.74, 6) is 2.90. The van der Waals surface area contributed by atoms with Crippen LogP contribution in [0.1, 0.15) is 13.3 Å². The summed E-state index contributed by atoms with van der Waals surface area (Å²) in [5, 5.41) is 9.35. The summed E-state index contributed by atoms with van der Waals surface area (Å²) in [5.41, 5.74) is 0. The van der Waals surface area contributed by atoms with Crippen LogP contribution in [0, 0.1) is 5.92 Å². The molecule has 0 aliphatic carbocycles. The maximum atomic E-state index is 11.5. The molecule has 2 saturated heterocycles. The number of nitrogens with zero attached hydrogens (tertiary/aromatic N) is 1. The van der Waals surface area contributed by atoms with Crippen LogP contribution in [0.4, 0.5) is 0 Å². The minimum atomic E-state index is -0.426. The van der Waals surface area contributed by atoms with E-state index in [-0.39, 0.29) is 5.91 Å². The van der Waals surface area contributed by atoms with E-state index in [1.165, 1.54) is 0 Å². The number of carbonyl (C=O) groups is 1. The minimum Gasteiger partial charge on any atom is -0.391 e. The van der Waals surface area contributed by atoms with Gasteiger partial charge in [-0.1, -0.05) is 6.92 Å². The Morgan fingerprint density at radius 1 is 1.54 bits per heavy atom. The summed E-state index contributed by atoms with van der Waals surface area (Å²) < 4.78 is 0. The van der Waals surface area contributed by atoms with E-state index in [0.29, 0.717) is 24.9 Å². The molecule has 13 heavy (non-hydrogen) atoms. The van der Waals surface area contributed by atoms with Crippen LogP contribution in [0.5, 0.6) is 0 Å². The molecule has 1 N–H and O–H groups in total. The van der Waals surface area contributed by atoms with Crippen LogP contribution < -0.4 is 0 Å². The van der Waals surface area contributed by atoms with E-state index in [4.69, 9.17) is 0 Å². The second-order valence-electron chi connectivity index (χ2n) is 3.99. The Hall–Kier alpha value is -0.220. The standard InChI is InChI=1S/C9H15NO2S/c1-6-4-13-5-8(6)10-3-7(11)2-9(10)12/h6-8,11H,2-5H2,1H3. The van der Waals surface area contributed by atoms with Crippen molar-refractivity contribution in [3.8, 4) is 0 Å². The topological polar surface area (TPSA) is 40.5 Å². The van der Waals surface area contributed by atoms with Gasteiger partial charge in [-0.05, 0) is 11.7 Å². The lowest BCUT2D eigenvalue weighted by molar-refractivity contribution is -0.129. The molecule has 0 spiro atoms. The van der Waals surface area contributed by atoms with Gasteiger partial charge in [-0.25, -0.2) is 0 Å². The Morgan fingerprint density at radius 2 is 2.31 bits per heavy atom. The molecule has 2 fully saturated rings. The average Bonchev–Trinajstić information content (AvgIpc) is 2.58. The second kappa shape index (κ2) is 3.50. The average molecular weight is 201 g/mol. The number of amides is 1. The lowest BCUT2D eigenvalue weighted by Crippen LogP contribution is -2.40. The van der Waals surface area contributed by atoms with Crippen LogP contribution >= 0.6 is 11.8 Å². The lowest BCUT2D eigenvalue weighted by atomic mass is 10.1. The fourth-order valence-corrected chi connectivity index (χ4v) is 3.56. The second-order valence-corrected chi connectivity index (χ2v) is 5.06. The largest absolute Gasteiger partial charge is 0.391 e. The minimum absolute atomic E-state index is 0.131. The number of aliphatic hydroxyl groups is 1. The molecule has 1 amide bonds. The quantitative estimate of drug-likeness (QED) is 0.664. The summed E-state index contributed by atoms with van der Waals surface area (Å²) >= 11 is 1.90. The first-order valence-corrected chi connectivity index (χ1v) is 5.89. The lowest BCUT2D eigenvalue weighted by Gasteiger charge is -2.26. The van der Waals surface area contributed by atoms with E-state index < -0.39 is 6.10 Å². The van der Waals surface area contributed by atoms with Crippen LogP contribution in [0.3, 0.4) is 0 Å². The molecule has 3 nitrogen and oxygen atoms in total. The molecule has 0 bridgehead atoms. The summed E-state index contributed by atoms with van der Waals surface area (Å²) in [4.78, 5) is 13.3. The molecular weight excluding hydrogens is 186 g/mol. The third kappa shape index (κ3) is 1.70. The number of likely N-dealkylation sites (tertiary alicyclic amines) is 1. The van der Waals surface area contributed by atoms with Gasteiger partial charge < -0.3 is 10.0 Å². The van der Waals surface area contributed by atoms with Crippen LogP contribution in [0.2, 0.25) is 0 Å². The zero-order valence-electron chi connectivity index (χ0n) is 7.77. The highest BCUT2D eigenvalue weighted by atomic mass is 32.2. The first-order chi connectivity index (χ1) is 6.18. The molecule has 2 heterocycles. The van der Waals surface area contributed by atoms with E-state index in [1.807, 2.05) is 16.7 Å². The third-order valence-electron chi connectivity index (χ3n) is 2.86. The molecule has 74 valence electrons. The summed E-state index contributed by atoms with van der Waals surface area (Å²) in [6.07, 6.45) is -0.0984. The number of hydrogen-bond donors (Lipinski definition) is 1. The Labute approximate surface area is 82.5 Å². The maximum Gasteiger partial charge on any atom is 0.225 e. The predicted molar refractivity (Wildman–Crippen MR) is 52.6 cm³/mol. The summed E-state index contributed by atoms with van der Waals surface area (Å²) in [6, 6.07) is 0.370. The molecule has 0 radical (unpaired) electrons. The van der Waals surface area contributed by atoms with E-state index in [9.17, 15) is 9.90 Å². The Bertz CT molecular complexity index is 222. The van der Waals surface area contributed by atoms with Gasteiger partial charge in [0.2, 0.25) is 5.91 Å². The van der Waals surface area contributed by atoms with Gasteiger partial charge in [-0.2, -0.15) is 11.8 Å². The molecule has 0 aromatic heterocycles. The van der Waals surface area contributed by atoms with Crippen LogP contribution in [-0.2, 0) is 4.79 Å². The molecule has 4 heteroatoms. The zero-order valence-corrected chi connectivity index (χ0v) is 8.59. The van der Waals surface area contributed by atoms with E-state index in [2.05, 4.69) is 6.92 Å². The van der Waals surface area contributed by atoms with Gasteiger partial charge in [0.15, 0.2) is 0 Å². The molecule has 2 aliphatic heterocycles. The monoisotopic (exact) mass is 201 g/mol. The summed E-state index contributed by atoms with van der Waals surface area (Å²) in [7, 11) is 0. The molecule has 0 saturated carbocycles.